The van der Waals surface area contributed by atoms with Gasteiger partial charge in [0.2, 0.25) is 0 Å². The van der Waals surface area contributed by atoms with Gasteiger partial charge >= 0.3 is 0 Å². The number of furan rings is 1. The van der Waals surface area contributed by atoms with Gasteiger partial charge in [0.25, 0.3) is 0 Å². The van der Waals surface area contributed by atoms with Crippen molar-refractivity contribution in [2.75, 3.05) is 0 Å². The molecule has 0 saturated heterocycles. The van der Waals surface area contributed by atoms with E-state index >= 15 is 0 Å². The summed E-state index contributed by atoms with van der Waals surface area (Å²) in [5, 5.41) is 18.1. The molecule has 0 aliphatic heterocycles. The van der Waals surface area contributed by atoms with E-state index in [4.69, 9.17) is 9.83 Å². The van der Waals surface area contributed by atoms with E-state index in [1.54, 1.807) is 0 Å². The van der Waals surface area contributed by atoms with E-state index in [0.717, 1.165) is 60.2 Å². The van der Waals surface area contributed by atoms with Gasteiger partial charge in [-0.3, -0.25) is 0 Å². The van der Waals surface area contributed by atoms with Crippen molar-refractivity contribution < 1.29 is 4.42 Å². The highest BCUT2D eigenvalue weighted by molar-refractivity contribution is 6.23. The Morgan fingerprint density at radius 2 is 1.16 bits per heavy atom. The second-order valence-corrected chi connectivity index (χ2v) is 11.0. The van der Waals surface area contributed by atoms with Crippen molar-refractivity contribution in [2.45, 2.75) is 0 Å². The third-order valence-electron chi connectivity index (χ3n) is 8.42. The Labute approximate surface area is 249 Å². The Hall–Kier alpha value is -5.73. The number of hydrogen-bond donors (Lipinski definition) is 1. The summed E-state index contributed by atoms with van der Waals surface area (Å²) in [5.41, 5.74) is 7.25. The molecule has 0 amide bonds. The first kappa shape index (κ1) is 25.0. The summed E-state index contributed by atoms with van der Waals surface area (Å²) in [5.74, 6) is 0. The third kappa shape index (κ3) is 4.07. The highest BCUT2D eigenvalue weighted by atomic mass is 16.3. The molecule has 2 nitrogen and oxygen atoms in total. The summed E-state index contributed by atoms with van der Waals surface area (Å²) < 4.78 is 6.25. The van der Waals surface area contributed by atoms with E-state index in [2.05, 4.69) is 110 Å². The average molecular weight is 550 g/mol. The van der Waals surface area contributed by atoms with Crippen LogP contribution in [0.2, 0.25) is 0 Å². The average Bonchev–Trinajstić information content (AvgIpc) is 3.42. The molecule has 8 rings (SSSR count). The molecule has 43 heavy (non-hydrogen) atoms. The molecule has 202 valence electrons. The first-order valence-electron chi connectivity index (χ1n) is 14.5. The van der Waals surface area contributed by atoms with Crippen LogP contribution in [0.4, 0.5) is 0 Å². The van der Waals surface area contributed by atoms with Crippen LogP contribution in [0, 0.1) is 5.41 Å². The van der Waals surface area contributed by atoms with Crippen LogP contribution in [0.15, 0.2) is 157 Å². The monoisotopic (exact) mass is 549 g/mol. The molecule has 1 heterocycles. The molecule has 0 spiro atoms. The van der Waals surface area contributed by atoms with E-state index in [-0.39, 0.29) is 0 Å². The molecule has 0 radical (unpaired) electrons. The van der Waals surface area contributed by atoms with Gasteiger partial charge in [0, 0.05) is 16.3 Å². The molecule has 0 aliphatic rings. The lowest BCUT2D eigenvalue weighted by Crippen LogP contribution is -1.96. The van der Waals surface area contributed by atoms with E-state index < -0.39 is 0 Å². The normalized spacial score (nSPS) is 11.8. The molecule has 0 atom stereocenters. The van der Waals surface area contributed by atoms with Crippen LogP contribution in [0.1, 0.15) is 11.1 Å². The number of nitrogens with one attached hydrogen (secondary N) is 1. The smallest absolute Gasteiger partial charge is 0.136 e. The lowest BCUT2D eigenvalue weighted by Gasteiger charge is -2.17. The fourth-order valence-corrected chi connectivity index (χ4v) is 6.48. The lowest BCUT2D eigenvalue weighted by molar-refractivity contribution is 0.669. The Morgan fingerprint density at radius 3 is 1.86 bits per heavy atom. The summed E-state index contributed by atoms with van der Waals surface area (Å²) in [7, 11) is 0. The van der Waals surface area contributed by atoms with Crippen LogP contribution >= 0.6 is 0 Å². The van der Waals surface area contributed by atoms with Crippen molar-refractivity contribution in [3.8, 4) is 11.1 Å². The van der Waals surface area contributed by atoms with Gasteiger partial charge in [-0.2, -0.15) is 0 Å². The number of hydrogen-bond acceptors (Lipinski definition) is 2. The molecule has 0 fully saturated rings. The first-order valence-corrected chi connectivity index (χ1v) is 14.5. The van der Waals surface area contributed by atoms with Crippen LogP contribution in [-0.2, 0) is 0 Å². The van der Waals surface area contributed by atoms with Gasteiger partial charge in [-0.15, -0.1) is 0 Å². The van der Waals surface area contributed by atoms with Gasteiger partial charge in [0.15, 0.2) is 0 Å². The molecular weight excluding hydrogens is 522 g/mol. The standard InChI is InChI=1S/C41H27NO/c1-26(39-30-16-7-9-18-32(30)40(27-12-3-2-4-13-27)33-19-10-8-17-31(33)39)22-23-36(42)34-20-11-21-37-41(34)35-24-28-14-5-6-15-29(28)25-38(35)43-37/h2-25,42H,1H2/b23-22-,42-36?. The predicted octanol–water partition coefficient (Wildman–Crippen LogP) is 11.4. The van der Waals surface area contributed by atoms with Gasteiger partial charge in [-0.05, 0) is 78.9 Å². The van der Waals surface area contributed by atoms with Gasteiger partial charge in [0.1, 0.15) is 11.2 Å². The lowest BCUT2D eigenvalue weighted by atomic mass is 9.86. The summed E-state index contributed by atoms with van der Waals surface area (Å²) in [6.45, 7) is 4.53. The van der Waals surface area contributed by atoms with Gasteiger partial charge in [0.05, 0.1) is 5.71 Å². The van der Waals surface area contributed by atoms with E-state index in [1.165, 1.54) is 21.9 Å². The number of fused-ring (bicyclic) bond motifs is 6. The van der Waals surface area contributed by atoms with Gasteiger partial charge in [-0.25, -0.2) is 0 Å². The zero-order valence-electron chi connectivity index (χ0n) is 23.5. The number of rotatable bonds is 5. The van der Waals surface area contributed by atoms with Crippen molar-refractivity contribution >= 4 is 65.5 Å². The van der Waals surface area contributed by atoms with Crippen molar-refractivity contribution in [1.29, 1.82) is 5.41 Å². The summed E-state index contributed by atoms with van der Waals surface area (Å²) >= 11 is 0. The summed E-state index contributed by atoms with van der Waals surface area (Å²) in [6.07, 6.45) is 3.85. The minimum Gasteiger partial charge on any atom is -0.456 e. The Balaban J connectivity index is 1.26. The van der Waals surface area contributed by atoms with E-state index in [1.807, 2.05) is 42.5 Å². The number of benzene rings is 7. The summed E-state index contributed by atoms with van der Waals surface area (Å²) in [6, 6.07) is 46.2. The van der Waals surface area contributed by atoms with Crippen molar-refractivity contribution in [1.82, 2.24) is 0 Å². The van der Waals surface area contributed by atoms with Crippen molar-refractivity contribution in [3.63, 3.8) is 0 Å². The maximum Gasteiger partial charge on any atom is 0.136 e. The highest BCUT2D eigenvalue weighted by Gasteiger charge is 2.17. The predicted molar refractivity (Wildman–Crippen MR) is 183 cm³/mol. The molecule has 2 heteroatoms. The van der Waals surface area contributed by atoms with Crippen LogP contribution in [0.5, 0.6) is 0 Å². The molecule has 1 aromatic heterocycles. The van der Waals surface area contributed by atoms with Crippen LogP contribution in [0.3, 0.4) is 0 Å². The van der Waals surface area contributed by atoms with Crippen LogP contribution in [-0.4, -0.2) is 5.71 Å². The first-order chi connectivity index (χ1) is 21.2. The molecule has 0 saturated carbocycles. The minimum atomic E-state index is 0.414. The zero-order chi connectivity index (χ0) is 28.9. The molecule has 1 N–H and O–H groups in total. The van der Waals surface area contributed by atoms with Crippen LogP contribution < -0.4 is 0 Å². The molecule has 0 bridgehead atoms. The summed E-state index contributed by atoms with van der Waals surface area (Å²) in [4.78, 5) is 0. The van der Waals surface area contributed by atoms with Crippen LogP contribution in [0.25, 0.3) is 71.0 Å². The Bertz CT molecular complexity index is 2370. The highest BCUT2D eigenvalue weighted by Crippen LogP contribution is 2.42. The van der Waals surface area contributed by atoms with E-state index in [9.17, 15) is 0 Å². The zero-order valence-corrected chi connectivity index (χ0v) is 23.5. The van der Waals surface area contributed by atoms with E-state index in [0.29, 0.717) is 5.71 Å². The molecule has 0 aliphatic carbocycles. The minimum absolute atomic E-state index is 0.414. The van der Waals surface area contributed by atoms with Crippen molar-refractivity contribution in [3.05, 3.63) is 163 Å². The fourth-order valence-electron chi connectivity index (χ4n) is 6.48. The molecule has 0 unspecified atom stereocenters. The largest absolute Gasteiger partial charge is 0.456 e. The second kappa shape index (κ2) is 9.97. The van der Waals surface area contributed by atoms with Gasteiger partial charge < -0.3 is 9.83 Å². The molecule has 7 aromatic carbocycles. The second-order valence-electron chi connectivity index (χ2n) is 11.0. The van der Waals surface area contributed by atoms with Gasteiger partial charge in [-0.1, -0.05) is 128 Å². The SMILES string of the molecule is C=C(/C=C\C(=N)c1cccc2oc3cc4ccccc4cc3c12)c1c2ccccc2c(-c2ccccc2)c2ccccc12. The Morgan fingerprint density at radius 1 is 0.558 bits per heavy atom. The Kier molecular flexibility index (Phi) is 5.80. The molecule has 8 aromatic rings. The fraction of sp³-hybridized carbons (Fsp3) is 0. The quantitative estimate of drug-likeness (QED) is 0.129. The maximum absolute atomic E-state index is 9.15. The maximum atomic E-state index is 9.15. The molecular formula is C41H27NO. The number of allylic oxidation sites excluding steroid dienone is 3. The van der Waals surface area contributed by atoms with Crippen molar-refractivity contribution in [2.24, 2.45) is 0 Å². The topological polar surface area (TPSA) is 37.0 Å². The third-order valence-corrected chi connectivity index (χ3v) is 8.42.